The lowest BCUT2D eigenvalue weighted by atomic mass is 9.89. The van der Waals surface area contributed by atoms with Crippen molar-refractivity contribution in [2.24, 2.45) is 0 Å². The lowest BCUT2D eigenvalue weighted by Gasteiger charge is -2.47. The molecular formula is C16H24N2O. The number of hydrogen-bond donors (Lipinski definition) is 1. The Hall–Kier alpha value is -0.900. The lowest BCUT2D eigenvalue weighted by Crippen LogP contribution is -2.58. The predicted molar refractivity (Wildman–Crippen MR) is 77.1 cm³/mol. The van der Waals surface area contributed by atoms with Gasteiger partial charge in [-0.1, -0.05) is 30.3 Å². The van der Waals surface area contributed by atoms with E-state index in [4.69, 9.17) is 4.74 Å². The monoisotopic (exact) mass is 260 g/mol. The smallest absolute Gasteiger partial charge is 0.0837 e. The number of rotatable bonds is 2. The highest BCUT2D eigenvalue weighted by Crippen LogP contribution is 2.30. The van der Waals surface area contributed by atoms with E-state index in [9.17, 15) is 0 Å². The lowest BCUT2D eigenvalue weighted by molar-refractivity contribution is -0.162. The van der Waals surface area contributed by atoms with Crippen LogP contribution >= 0.6 is 0 Å². The summed E-state index contributed by atoms with van der Waals surface area (Å²) in [5.74, 6) is 0. The van der Waals surface area contributed by atoms with Crippen LogP contribution in [0.15, 0.2) is 30.3 Å². The first-order chi connectivity index (χ1) is 9.26. The Morgan fingerprint density at radius 3 is 2.74 bits per heavy atom. The number of piperidine rings is 1. The number of benzene rings is 1. The number of hydrogen-bond acceptors (Lipinski definition) is 3. The fraction of sp³-hybridized carbons (Fsp3) is 0.625. The first kappa shape index (κ1) is 13.1. The maximum atomic E-state index is 6.30. The van der Waals surface area contributed by atoms with Gasteiger partial charge in [0, 0.05) is 19.6 Å². The van der Waals surface area contributed by atoms with Gasteiger partial charge in [-0.25, -0.2) is 0 Å². The van der Waals surface area contributed by atoms with Crippen LogP contribution < -0.4 is 5.32 Å². The zero-order chi connectivity index (χ0) is 13.1. The fourth-order valence-corrected chi connectivity index (χ4v) is 3.46. The average Bonchev–Trinajstić information content (AvgIpc) is 2.39. The molecule has 0 radical (unpaired) electrons. The van der Waals surface area contributed by atoms with Gasteiger partial charge in [-0.3, -0.25) is 4.90 Å². The van der Waals surface area contributed by atoms with Crippen LogP contribution in [0.5, 0.6) is 0 Å². The van der Waals surface area contributed by atoms with Gasteiger partial charge < -0.3 is 10.1 Å². The van der Waals surface area contributed by atoms with Gasteiger partial charge in [0.1, 0.15) is 0 Å². The van der Waals surface area contributed by atoms with E-state index in [1.165, 1.54) is 5.56 Å². The molecule has 0 amide bonds. The molecule has 3 rings (SSSR count). The molecule has 1 spiro atoms. The standard InChI is InChI=1S/C16H24N2O/c1-14-11-18(12-15-5-3-2-4-6-15)13-16(19-14)7-9-17-10-8-16/h2-6,14,17H,7-13H2,1H3. The van der Waals surface area contributed by atoms with Crippen molar-refractivity contribution in [1.29, 1.82) is 0 Å². The molecule has 2 aliphatic heterocycles. The highest BCUT2D eigenvalue weighted by molar-refractivity contribution is 5.14. The Labute approximate surface area is 115 Å². The van der Waals surface area contributed by atoms with Crippen LogP contribution in [0.4, 0.5) is 0 Å². The van der Waals surface area contributed by atoms with Gasteiger partial charge in [0.25, 0.3) is 0 Å². The molecule has 0 bridgehead atoms. The summed E-state index contributed by atoms with van der Waals surface area (Å²) in [6.45, 7) is 7.56. The highest BCUT2D eigenvalue weighted by Gasteiger charge is 2.40. The van der Waals surface area contributed by atoms with Crippen LogP contribution in [0.2, 0.25) is 0 Å². The molecule has 1 aromatic carbocycles. The van der Waals surface area contributed by atoms with Crippen LogP contribution in [0.1, 0.15) is 25.3 Å². The van der Waals surface area contributed by atoms with Crippen molar-refractivity contribution in [3.8, 4) is 0 Å². The number of nitrogens with one attached hydrogen (secondary N) is 1. The molecule has 0 aliphatic carbocycles. The molecule has 19 heavy (non-hydrogen) atoms. The summed E-state index contributed by atoms with van der Waals surface area (Å²) in [7, 11) is 0. The van der Waals surface area contributed by atoms with Gasteiger partial charge in [0.2, 0.25) is 0 Å². The summed E-state index contributed by atoms with van der Waals surface area (Å²) < 4.78 is 6.30. The van der Waals surface area contributed by atoms with E-state index < -0.39 is 0 Å². The summed E-state index contributed by atoms with van der Waals surface area (Å²) in [5, 5.41) is 3.44. The topological polar surface area (TPSA) is 24.5 Å². The molecule has 0 saturated carbocycles. The Kier molecular flexibility index (Phi) is 3.87. The van der Waals surface area contributed by atoms with Crippen molar-refractivity contribution in [2.75, 3.05) is 26.2 Å². The molecule has 3 heteroatoms. The van der Waals surface area contributed by atoms with Crippen LogP contribution in [0.25, 0.3) is 0 Å². The van der Waals surface area contributed by atoms with Gasteiger partial charge in [0.05, 0.1) is 11.7 Å². The predicted octanol–water partition coefficient (Wildman–Crippen LogP) is 2.03. The highest BCUT2D eigenvalue weighted by atomic mass is 16.5. The summed E-state index contributed by atoms with van der Waals surface area (Å²) in [6, 6.07) is 10.8. The zero-order valence-corrected chi connectivity index (χ0v) is 11.8. The van der Waals surface area contributed by atoms with E-state index in [0.717, 1.165) is 45.6 Å². The third-order valence-corrected chi connectivity index (χ3v) is 4.24. The molecule has 1 aromatic rings. The fourth-order valence-electron chi connectivity index (χ4n) is 3.46. The number of morpholine rings is 1. The van der Waals surface area contributed by atoms with Gasteiger partial charge in [0.15, 0.2) is 0 Å². The first-order valence-electron chi connectivity index (χ1n) is 7.41. The van der Waals surface area contributed by atoms with E-state index in [0.29, 0.717) is 6.10 Å². The van der Waals surface area contributed by atoms with Gasteiger partial charge in [-0.15, -0.1) is 0 Å². The molecule has 2 saturated heterocycles. The molecule has 2 fully saturated rings. The van der Waals surface area contributed by atoms with Crippen molar-refractivity contribution in [3.05, 3.63) is 35.9 Å². The minimum absolute atomic E-state index is 0.0949. The zero-order valence-electron chi connectivity index (χ0n) is 11.8. The van der Waals surface area contributed by atoms with E-state index in [1.54, 1.807) is 0 Å². The van der Waals surface area contributed by atoms with E-state index in [1.807, 2.05) is 0 Å². The molecule has 1 atom stereocenters. The Morgan fingerprint density at radius 1 is 1.26 bits per heavy atom. The Balaban J connectivity index is 1.68. The molecular weight excluding hydrogens is 236 g/mol. The summed E-state index contributed by atoms with van der Waals surface area (Å²) in [4.78, 5) is 2.56. The van der Waals surface area contributed by atoms with Gasteiger partial charge in [-0.2, -0.15) is 0 Å². The summed E-state index contributed by atoms with van der Waals surface area (Å²) >= 11 is 0. The molecule has 2 heterocycles. The van der Waals surface area contributed by atoms with Crippen molar-refractivity contribution in [2.45, 2.75) is 38.0 Å². The van der Waals surface area contributed by atoms with Crippen molar-refractivity contribution in [1.82, 2.24) is 10.2 Å². The second-order valence-electron chi connectivity index (χ2n) is 6.02. The Bertz CT molecular complexity index is 400. The van der Waals surface area contributed by atoms with Crippen LogP contribution in [0, 0.1) is 0 Å². The summed E-state index contributed by atoms with van der Waals surface area (Å²) in [5.41, 5.74) is 1.50. The maximum absolute atomic E-state index is 6.30. The van der Waals surface area contributed by atoms with Crippen molar-refractivity contribution >= 4 is 0 Å². The SMILES string of the molecule is CC1CN(Cc2ccccc2)CC2(CCNCC2)O1. The van der Waals surface area contributed by atoms with Gasteiger partial charge in [-0.05, 0) is 38.4 Å². The van der Waals surface area contributed by atoms with Crippen LogP contribution in [-0.2, 0) is 11.3 Å². The first-order valence-corrected chi connectivity index (χ1v) is 7.41. The third kappa shape index (κ3) is 3.16. The van der Waals surface area contributed by atoms with E-state index in [-0.39, 0.29) is 5.60 Å². The Morgan fingerprint density at radius 2 is 2.00 bits per heavy atom. The number of nitrogens with zero attached hydrogens (tertiary/aromatic N) is 1. The molecule has 0 aromatic heterocycles. The van der Waals surface area contributed by atoms with Crippen LogP contribution in [-0.4, -0.2) is 42.8 Å². The normalized spacial score (nSPS) is 27.5. The molecule has 104 valence electrons. The minimum atomic E-state index is 0.0949. The molecule has 1 unspecified atom stereocenters. The molecule has 2 aliphatic rings. The summed E-state index contributed by atoms with van der Waals surface area (Å²) in [6.07, 6.45) is 2.63. The largest absolute Gasteiger partial charge is 0.369 e. The van der Waals surface area contributed by atoms with Crippen LogP contribution in [0.3, 0.4) is 0 Å². The number of ether oxygens (including phenoxy) is 1. The van der Waals surface area contributed by atoms with Crippen molar-refractivity contribution < 1.29 is 4.74 Å². The third-order valence-electron chi connectivity index (χ3n) is 4.24. The minimum Gasteiger partial charge on any atom is -0.369 e. The van der Waals surface area contributed by atoms with Crippen molar-refractivity contribution in [3.63, 3.8) is 0 Å². The van der Waals surface area contributed by atoms with E-state index >= 15 is 0 Å². The van der Waals surface area contributed by atoms with Gasteiger partial charge >= 0.3 is 0 Å². The van der Waals surface area contributed by atoms with E-state index in [2.05, 4.69) is 47.5 Å². The second kappa shape index (κ2) is 5.61. The molecule has 3 nitrogen and oxygen atoms in total. The maximum Gasteiger partial charge on any atom is 0.0837 e. The quantitative estimate of drug-likeness (QED) is 0.880. The molecule has 1 N–H and O–H groups in total. The second-order valence-corrected chi connectivity index (χ2v) is 6.02. The average molecular weight is 260 g/mol.